The fraction of sp³-hybridized carbons (Fsp3) is 0.350. The number of benzene rings is 2. The molecular formula is C20H25O5P. The van der Waals surface area contributed by atoms with Crippen LogP contribution in [-0.2, 0) is 18.1 Å². The van der Waals surface area contributed by atoms with E-state index >= 15 is 0 Å². The molecule has 0 spiro atoms. The third kappa shape index (κ3) is 5.36. The summed E-state index contributed by atoms with van der Waals surface area (Å²) >= 11 is 0. The summed E-state index contributed by atoms with van der Waals surface area (Å²) < 4.78 is 28.9. The van der Waals surface area contributed by atoms with Gasteiger partial charge < -0.3 is 0 Å². The van der Waals surface area contributed by atoms with Gasteiger partial charge in [-0.05, 0) is 33.3 Å². The highest BCUT2D eigenvalue weighted by Gasteiger charge is 2.35. The highest BCUT2D eigenvalue weighted by Crippen LogP contribution is 2.53. The van der Waals surface area contributed by atoms with Gasteiger partial charge in [-0.15, -0.1) is 0 Å². The molecule has 1 atom stereocenters. The Balaban J connectivity index is 2.41. The number of hydrogen-bond acceptors (Lipinski definition) is 5. The highest BCUT2D eigenvalue weighted by molar-refractivity contribution is 7.48. The van der Waals surface area contributed by atoms with Crippen LogP contribution in [0.1, 0.15) is 47.0 Å². The van der Waals surface area contributed by atoms with Gasteiger partial charge in [-0.25, -0.2) is 4.57 Å². The first-order valence-corrected chi connectivity index (χ1v) is 10.1. The Hall–Kier alpha value is -1.78. The fourth-order valence-corrected chi connectivity index (χ4v) is 3.72. The van der Waals surface area contributed by atoms with Crippen molar-refractivity contribution >= 4 is 13.6 Å². The quantitative estimate of drug-likeness (QED) is 0.432. The van der Waals surface area contributed by atoms with E-state index in [-0.39, 0.29) is 19.0 Å². The Morgan fingerprint density at radius 2 is 1.35 bits per heavy atom. The lowest BCUT2D eigenvalue weighted by Crippen LogP contribution is -2.17. The first-order valence-electron chi connectivity index (χ1n) is 8.63. The summed E-state index contributed by atoms with van der Waals surface area (Å²) in [6.07, 6.45) is -1.08. The SMILES string of the molecule is CCOP(=O)(OCC)OC(C(=O)c1ccc(C)cc1)c1ccc(C)cc1. The van der Waals surface area contributed by atoms with Gasteiger partial charge in [0.25, 0.3) is 0 Å². The maximum absolute atomic E-state index is 13.1. The lowest BCUT2D eigenvalue weighted by molar-refractivity contribution is 0.0594. The molecule has 26 heavy (non-hydrogen) atoms. The van der Waals surface area contributed by atoms with Crippen molar-refractivity contribution in [2.24, 2.45) is 0 Å². The average Bonchev–Trinajstić information content (AvgIpc) is 2.61. The molecule has 0 amide bonds. The largest absolute Gasteiger partial charge is 0.475 e. The van der Waals surface area contributed by atoms with Gasteiger partial charge in [0.05, 0.1) is 13.2 Å². The predicted octanol–water partition coefficient (Wildman–Crippen LogP) is 5.43. The summed E-state index contributed by atoms with van der Waals surface area (Å²) in [5.74, 6) is -0.298. The van der Waals surface area contributed by atoms with Crippen LogP contribution in [0.3, 0.4) is 0 Å². The Morgan fingerprint density at radius 1 is 0.885 bits per heavy atom. The molecule has 0 bridgehead atoms. The van der Waals surface area contributed by atoms with Gasteiger partial charge in [-0.2, -0.15) is 0 Å². The number of Topliss-reactive ketones (excluding diaryl/α,β-unsaturated/α-hetero) is 1. The van der Waals surface area contributed by atoms with Crippen LogP contribution >= 0.6 is 7.82 Å². The summed E-state index contributed by atoms with van der Waals surface area (Å²) in [5.41, 5.74) is 3.17. The Morgan fingerprint density at radius 3 is 1.81 bits per heavy atom. The van der Waals surface area contributed by atoms with Crippen LogP contribution in [0.2, 0.25) is 0 Å². The predicted molar refractivity (Wildman–Crippen MR) is 101 cm³/mol. The Bertz CT molecular complexity index is 758. The van der Waals surface area contributed by atoms with Crippen molar-refractivity contribution in [1.29, 1.82) is 0 Å². The number of rotatable bonds is 9. The molecule has 0 saturated heterocycles. The monoisotopic (exact) mass is 376 g/mol. The zero-order valence-electron chi connectivity index (χ0n) is 15.6. The van der Waals surface area contributed by atoms with Gasteiger partial charge in [-0.3, -0.25) is 18.4 Å². The molecule has 1 unspecified atom stereocenters. The molecule has 2 rings (SSSR count). The Labute approximate surface area is 154 Å². The molecule has 0 N–H and O–H groups in total. The number of aryl methyl sites for hydroxylation is 2. The number of hydrogen-bond donors (Lipinski definition) is 0. The van der Waals surface area contributed by atoms with E-state index in [4.69, 9.17) is 13.6 Å². The molecule has 0 aliphatic rings. The summed E-state index contributed by atoms with van der Waals surface area (Å²) in [4.78, 5) is 13.1. The average molecular weight is 376 g/mol. The summed E-state index contributed by atoms with van der Waals surface area (Å²) in [6, 6.07) is 14.5. The normalized spacial score (nSPS) is 12.8. The van der Waals surface area contributed by atoms with Crippen LogP contribution in [-0.4, -0.2) is 19.0 Å². The van der Waals surface area contributed by atoms with Crippen molar-refractivity contribution in [2.45, 2.75) is 33.8 Å². The lowest BCUT2D eigenvalue weighted by atomic mass is 9.98. The maximum Gasteiger partial charge on any atom is 0.475 e. The summed E-state index contributed by atoms with van der Waals surface area (Å²) in [7, 11) is -3.86. The fourth-order valence-electron chi connectivity index (χ4n) is 2.41. The molecule has 0 radical (unpaired) electrons. The van der Waals surface area contributed by atoms with E-state index in [0.29, 0.717) is 11.1 Å². The molecular weight excluding hydrogens is 351 g/mol. The number of phosphoric acid groups is 1. The van der Waals surface area contributed by atoms with Gasteiger partial charge in [0.2, 0.25) is 0 Å². The van der Waals surface area contributed by atoms with E-state index in [0.717, 1.165) is 11.1 Å². The zero-order valence-corrected chi connectivity index (χ0v) is 16.5. The maximum atomic E-state index is 13.1. The summed E-state index contributed by atoms with van der Waals surface area (Å²) in [6.45, 7) is 7.58. The van der Waals surface area contributed by atoms with Gasteiger partial charge in [0.1, 0.15) is 0 Å². The Kier molecular flexibility index (Phi) is 7.30. The first kappa shape index (κ1) is 20.5. The number of ketones is 1. The minimum atomic E-state index is -3.86. The molecule has 2 aromatic rings. The standard InChI is InChI=1S/C20H25O5P/c1-5-23-26(22,24-6-2)25-20(18-13-9-16(4)10-14-18)19(21)17-11-7-15(3)8-12-17/h7-14,20H,5-6H2,1-4H3. The van der Waals surface area contributed by atoms with Crippen molar-refractivity contribution in [1.82, 2.24) is 0 Å². The molecule has 0 aliphatic heterocycles. The second kappa shape index (κ2) is 9.24. The van der Waals surface area contributed by atoms with Gasteiger partial charge >= 0.3 is 7.82 Å². The smallest absolute Gasteiger partial charge is 0.291 e. The second-order valence-electron chi connectivity index (χ2n) is 5.91. The number of carbonyl (C=O) groups excluding carboxylic acids is 1. The molecule has 6 heteroatoms. The molecule has 0 heterocycles. The van der Waals surface area contributed by atoms with E-state index in [9.17, 15) is 9.36 Å². The number of carbonyl (C=O) groups is 1. The molecule has 140 valence electrons. The molecule has 0 saturated carbocycles. The van der Waals surface area contributed by atoms with E-state index < -0.39 is 13.9 Å². The van der Waals surface area contributed by atoms with Gasteiger partial charge in [-0.1, -0.05) is 59.7 Å². The number of phosphoric ester groups is 1. The minimum Gasteiger partial charge on any atom is -0.291 e. The van der Waals surface area contributed by atoms with Crippen molar-refractivity contribution in [3.8, 4) is 0 Å². The van der Waals surface area contributed by atoms with Crippen LogP contribution in [0.4, 0.5) is 0 Å². The zero-order chi connectivity index (χ0) is 19.2. The van der Waals surface area contributed by atoms with Gasteiger partial charge in [0, 0.05) is 5.56 Å². The minimum absolute atomic E-state index is 0.149. The third-order valence-electron chi connectivity index (χ3n) is 3.76. The highest BCUT2D eigenvalue weighted by atomic mass is 31.2. The molecule has 0 fully saturated rings. The van der Waals surface area contributed by atoms with E-state index in [1.165, 1.54) is 0 Å². The van der Waals surface area contributed by atoms with E-state index in [1.807, 2.05) is 38.1 Å². The van der Waals surface area contributed by atoms with Crippen LogP contribution < -0.4 is 0 Å². The second-order valence-corrected chi connectivity index (χ2v) is 7.53. The molecule has 5 nitrogen and oxygen atoms in total. The third-order valence-corrected chi connectivity index (χ3v) is 5.38. The van der Waals surface area contributed by atoms with Crippen molar-refractivity contribution in [3.05, 3.63) is 70.8 Å². The first-order chi connectivity index (χ1) is 12.4. The molecule has 2 aromatic carbocycles. The van der Waals surface area contributed by atoms with Crippen LogP contribution in [0.25, 0.3) is 0 Å². The van der Waals surface area contributed by atoms with Crippen molar-refractivity contribution in [3.63, 3.8) is 0 Å². The summed E-state index contributed by atoms with van der Waals surface area (Å²) in [5, 5.41) is 0. The van der Waals surface area contributed by atoms with E-state index in [1.54, 1.807) is 38.1 Å². The van der Waals surface area contributed by atoms with Crippen molar-refractivity contribution in [2.75, 3.05) is 13.2 Å². The lowest BCUT2D eigenvalue weighted by Gasteiger charge is -2.23. The molecule has 0 aromatic heterocycles. The topological polar surface area (TPSA) is 61.8 Å². The van der Waals surface area contributed by atoms with Crippen molar-refractivity contribution < 1.29 is 22.9 Å². The van der Waals surface area contributed by atoms with Crippen LogP contribution in [0.15, 0.2) is 48.5 Å². The van der Waals surface area contributed by atoms with Gasteiger partial charge in [0.15, 0.2) is 11.9 Å². The van der Waals surface area contributed by atoms with Crippen LogP contribution in [0.5, 0.6) is 0 Å². The molecule has 0 aliphatic carbocycles. The van der Waals surface area contributed by atoms with E-state index in [2.05, 4.69) is 0 Å². The van der Waals surface area contributed by atoms with Crippen LogP contribution in [0, 0.1) is 13.8 Å².